The lowest BCUT2D eigenvalue weighted by Gasteiger charge is -2.15. The molecule has 0 bridgehead atoms. The van der Waals surface area contributed by atoms with Gasteiger partial charge in [-0.25, -0.2) is 4.79 Å². The minimum absolute atomic E-state index is 0.335. The van der Waals surface area contributed by atoms with Gasteiger partial charge in [-0.15, -0.1) is 9.92 Å². The van der Waals surface area contributed by atoms with Crippen LogP contribution >= 0.6 is 0 Å². The Bertz CT molecular complexity index is 641. The molecule has 2 aromatic carbocycles. The molecule has 0 unspecified atom stereocenters. The van der Waals surface area contributed by atoms with Gasteiger partial charge in [-0.05, 0) is 48.5 Å². The summed E-state index contributed by atoms with van der Waals surface area (Å²) in [6.07, 6.45) is 0. The topological polar surface area (TPSA) is 80.2 Å². The number of methoxy groups -OCH3 is 2. The van der Waals surface area contributed by atoms with Gasteiger partial charge in [0, 0.05) is 5.69 Å². The summed E-state index contributed by atoms with van der Waals surface area (Å²) < 4.78 is 10.1. The first kappa shape index (κ1) is 15.3. The van der Waals surface area contributed by atoms with Crippen molar-refractivity contribution >= 4 is 17.4 Å². The molecule has 2 aromatic rings. The SMILES string of the molecule is COc1ccc(NC(=O)N(N=O)c2ccc(OC)cc2)cc1. The third-order valence-electron chi connectivity index (χ3n) is 2.93. The lowest BCUT2D eigenvalue weighted by atomic mass is 10.3. The third kappa shape index (κ3) is 3.51. The smallest absolute Gasteiger partial charge is 0.349 e. The van der Waals surface area contributed by atoms with Crippen LogP contribution in [0.3, 0.4) is 0 Å². The van der Waals surface area contributed by atoms with Crippen LogP contribution in [0.15, 0.2) is 53.8 Å². The summed E-state index contributed by atoms with van der Waals surface area (Å²) in [5, 5.41) is 6.05. The molecule has 22 heavy (non-hydrogen) atoms. The predicted molar refractivity (Wildman–Crippen MR) is 83.3 cm³/mol. The lowest BCUT2D eigenvalue weighted by Crippen LogP contribution is -2.29. The molecule has 0 fully saturated rings. The Morgan fingerprint density at radius 1 is 0.955 bits per heavy atom. The summed E-state index contributed by atoms with van der Waals surface area (Å²) in [6.45, 7) is 0. The number of benzene rings is 2. The predicted octanol–water partition coefficient (Wildman–Crippen LogP) is 3.42. The van der Waals surface area contributed by atoms with Crippen molar-refractivity contribution in [2.75, 3.05) is 24.5 Å². The maximum absolute atomic E-state index is 12.1. The number of amides is 2. The Kier molecular flexibility index (Phi) is 4.92. The Labute approximate surface area is 127 Å². The first-order valence-electron chi connectivity index (χ1n) is 6.40. The van der Waals surface area contributed by atoms with Crippen LogP contribution in [0.25, 0.3) is 0 Å². The van der Waals surface area contributed by atoms with Crippen molar-refractivity contribution < 1.29 is 14.3 Å². The molecule has 0 saturated carbocycles. The number of hydrogen-bond acceptors (Lipinski definition) is 5. The Morgan fingerprint density at radius 3 is 1.91 bits per heavy atom. The normalized spacial score (nSPS) is 9.73. The zero-order valence-electron chi connectivity index (χ0n) is 12.1. The van der Waals surface area contributed by atoms with Crippen LogP contribution in [0.1, 0.15) is 0 Å². The van der Waals surface area contributed by atoms with Crippen LogP contribution in [-0.2, 0) is 0 Å². The first-order chi connectivity index (χ1) is 10.7. The zero-order chi connectivity index (χ0) is 15.9. The molecule has 2 amide bonds. The second-order valence-electron chi connectivity index (χ2n) is 4.25. The van der Waals surface area contributed by atoms with Crippen LogP contribution in [-0.4, -0.2) is 20.3 Å². The van der Waals surface area contributed by atoms with Crippen LogP contribution in [0, 0.1) is 4.91 Å². The number of urea groups is 1. The number of ether oxygens (including phenoxy) is 2. The minimum Gasteiger partial charge on any atom is -0.497 e. The highest BCUT2D eigenvalue weighted by atomic mass is 16.5. The summed E-state index contributed by atoms with van der Waals surface area (Å²) in [6, 6.07) is 12.4. The number of carbonyl (C=O) groups excluding carboxylic acids is 1. The highest BCUT2D eigenvalue weighted by Crippen LogP contribution is 2.21. The van der Waals surface area contributed by atoms with Crippen molar-refractivity contribution in [3.63, 3.8) is 0 Å². The average molecular weight is 301 g/mol. The summed E-state index contributed by atoms with van der Waals surface area (Å²) in [7, 11) is 3.08. The standard InChI is InChI=1S/C15H15N3O4/c1-21-13-7-3-11(4-8-13)16-15(19)18(17-20)12-5-9-14(22-2)10-6-12/h3-10H,1-2H3,(H,16,19). The molecule has 0 spiro atoms. The van der Waals surface area contributed by atoms with Gasteiger partial charge in [0.25, 0.3) is 0 Å². The van der Waals surface area contributed by atoms with Gasteiger partial charge in [-0.3, -0.25) is 0 Å². The number of nitrogens with one attached hydrogen (secondary N) is 1. The number of carbonyl (C=O) groups is 1. The molecular formula is C15H15N3O4. The number of rotatable bonds is 5. The molecule has 0 aliphatic rings. The van der Waals surface area contributed by atoms with E-state index in [0.717, 1.165) is 5.01 Å². The highest BCUT2D eigenvalue weighted by molar-refractivity contribution is 6.01. The first-order valence-corrected chi connectivity index (χ1v) is 6.40. The Hall–Kier alpha value is -3.09. The fourth-order valence-corrected chi connectivity index (χ4v) is 1.78. The van der Waals surface area contributed by atoms with Crippen LogP contribution in [0.5, 0.6) is 11.5 Å². The maximum Gasteiger partial charge on any atom is 0.349 e. The van der Waals surface area contributed by atoms with Crippen molar-refractivity contribution in [2.45, 2.75) is 0 Å². The van der Waals surface area contributed by atoms with E-state index in [1.165, 1.54) is 7.11 Å². The minimum atomic E-state index is -0.662. The molecular weight excluding hydrogens is 286 g/mol. The fraction of sp³-hybridized carbons (Fsp3) is 0.133. The van der Waals surface area contributed by atoms with Gasteiger partial charge < -0.3 is 14.8 Å². The molecule has 114 valence electrons. The molecule has 0 radical (unpaired) electrons. The molecule has 0 saturated heterocycles. The van der Waals surface area contributed by atoms with Crippen molar-refractivity contribution in [3.8, 4) is 11.5 Å². The van der Waals surface area contributed by atoms with E-state index in [1.54, 1.807) is 55.6 Å². The largest absolute Gasteiger partial charge is 0.497 e. The van der Waals surface area contributed by atoms with Crippen molar-refractivity contribution in [1.29, 1.82) is 0 Å². The van der Waals surface area contributed by atoms with E-state index in [0.29, 0.717) is 22.9 Å². The van der Waals surface area contributed by atoms with Gasteiger partial charge in [-0.1, -0.05) is 0 Å². The molecule has 0 aliphatic carbocycles. The van der Waals surface area contributed by atoms with E-state index in [-0.39, 0.29) is 0 Å². The number of nitrogens with zero attached hydrogens (tertiary/aromatic N) is 2. The van der Waals surface area contributed by atoms with Crippen LogP contribution < -0.4 is 19.8 Å². The van der Waals surface area contributed by atoms with Gasteiger partial charge in [0.05, 0.1) is 25.2 Å². The third-order valence-corrected chi connectivity index (χ3v) is 2.93. The second-order valence-corrected chi connectivity index (χ2v) is 4.25. The summed E-state index contributed by atoms with van der Waals surface area (Å²) >= 11 is 0. The van der Waals surface area contributed by atoms with Crippen LogP contribution in [0.4, 0.5) is 16.2 Å². The van der Waals surface area contributed by atoms with E-state index in [9.17, 15) is 9.70 Å². The number of anilines is 2. The molecule has 0 heterocycles. The van der Waals surface area contributed by atoms with E-state index in [4.69, 9.17) is 9.47 Å². The van der Waals surface area contributed by atoms with Gasteiger partial charge in [-0.2, -0.15) is 0 Å². The highest BCUT2D eigenvalue weighted by Gasteiger charge is 2.16. The van der Waals surface area contributed by atoms with E-state index < -0.39 is 6.03 Å². The maximum atomic E-state index is 12.1. The Morgan fingerprint density at radius 2 is 1.45 bits per heavy atom. The molecule has 7 heteroatoms. The molecule has 0 aromatic heterocycles. The summed E-state index contributed by atoms with van der Waals surface area (Å²) in [5.41, 5.74) is 0.856. The average Bonchev–Trinajstić information content (AvgIpc) is 2.57. The molecule has 0 aliphatic heterocycles. The molecule has 1 N–H and O–H groups in total. The summed E-state index contributed by atoms with van der Waals surface area (Å²) in [4.78, 5) is 23.1. The van der Waals surface area contributed by atoms with Gasteiger partial charge in [0.15, 0.2) is 0 Å². The monoisotopic (exact) mass is 301 g/mol. The quantitative estimate of drug-likeness (QED) is 0.677. The van der Waals surface area contributed by atoms with E-state index in [1.807, 2.05) is 0 Å². The molecule has 2 rings (SSSR count). The van der Waals surface area contributed by atoms with Gasteiger partial charge in [0.2, 0.25) is 0 Å². The molecule has 7 nitrogen and oxygen atoms in total. The van der Waals surface area contributed by atoms with Crippen molar-refractivity contribution in [2.24, 2.45) is 5.29 Å². The van der Waals surface area contributed by atoms with Crippen molar-refractivity contribution in [1.82, 2.24) is 0 Å². The molecule has 0 atom stereocenters. The van der Waals surface area contributed by atoms with Gasteiger partial charge in [0.1, 0.15) is 11.5 Å². The fourth-order valence-electron chi connectivity index (χ4n) is 1.78. The van der Waals surface area contributed by atoms with Crippen molar-refractivity contribution in [3.05, 3.63) is 53.4 Å². The number of nitroso groups, excluding NO2 is 1. The summed E-state index contributed by atoms with van der Waals surface area (Å²) in [5.74, 6) is 1.28. The van der Waals surface area contributed by atoms with Crippen LogP contribution in [0.2, 0.25) is 0 Å². The van der Waals surface area contributed by atoms with E-state index >= 15 is 0 Å². The lowest BCUT2D eigenvalue weighted by molar-refractivity contribution is 0.257. The van der Waals surface area contributed by atoms with Gasteiger partial charge >= 0.3 is 6.03 Å². The number of hydrogen-bond donors (Lipinski definition) is 1. The Balaban J connectivity index is 2.11. The van der Waals surface area contributed by atoms with E-state index in [2.05, 4.69) is 10.6 Å². The zero-order valence-corrected chi connectivity index (χ0v) is 12.1. The second kappa shape index (κ2) is 7.07.